The van der Waals surface area contributed by atoms with Gasteiger partial charge in [-0.25, -0.2) is 0 Å². The monoisotopic (exact) mass is 283 g/mol. The first-order valence-electron chi connectivity index (χ1n) is 7.07. The van der Waals surface area contributed by atoms with E-state index in [0.29, 0.717) is 0 Å². The maximum atomic E-state index is 12.0. The lowest BCUT2D eigenvalue weighted by molar-refractivity contribution is -0.131. The Morgan fingerprint density at radius 3 is 2.50 bits per heavy atom. The van der Waals surface area contributed by atoms with E-state index in [1.165, 1.54) is 6.92 Å². The molecule has 1 N–H and O–H groups in total. The lowest BCUT2D eigenvalue weighted by Gasteiger charge is -2.23. The lowest BCUT2D eigenvalue weighted by Crippen LogP contribution is -2.48. The fraction of sp³-hybridized carbons (Fsp3) is 0.786. The number of carbonyl (C=O) groups is 3. The average Bonchev–Trinajstić information content (AvgIpc) is 2.48. The van der Waals surface area contributed by atoms with Crippen molar-refractivity contribution >= 4 is 17.6 Å². The number of ketones is 1. The van der Waals surface area contributed by atoms with Crippen LogP contribution in [0.3, 0.4) is 0 Å². The van der Waals surface area contributed by atoms with Gasteiger partial charge in [0.25, 0.3) is 0 Å². The second kappa shape index (κ2) is 7.38. The van der Waals surface area contributed by atoms with Crippen LogP contribution < -0.4 is 5.32 Å². The van der Waals surface area contributed by atoms with Gasteiger partial charge < -0.3 is 10.2 Å². The molecule has 1 aliphatic rings. The zero-order valence-electron chi connectivity index (χ0n) is 12.8. The standard InChI is InChI=1S/C14H25N3O3/c1-10(2)14(11(3)18)15-12(19)8-17-7-5-6-16(4)13(20)9-17/h10,14H,5-9H2,1-4H3,(H,15,19). The van der Waals surface area contributed by atoms with Crippen LogP contribution in [0.2, 0.25) is 0 Å². The molecule has 0 aliphatic carbocycles. The summed E-state index contributed by atoms with van der Waals surface area (Å²) in [6.07, 6.45) is 0.857. The van der Waals surface area contributed by atoms with Crippen molar-refractivity contribution in [2.75, 3.05) is 33.2 Å². The quantitative estimate of drug-likeness (QED) is 0.764. The molecule has 0 aromatic rings. The normalized spacial score (nSPS) is 18.9. The molecule has 0 aromatic heterocycles. The Balaban J connectivity index is 2.53. The van der Waals surface area contributed by atoms with Crippen LogP contribution in [0.15, 0.2) is 0 Å². The predicted molar refractivity (Wildman–Crippen MR) is 76.1 cm³/mol. The van der Waals surface area contributed by atoms with Gasteiger partial charge in [0.05, 0.1) is 19.1 Å². The van der Waals surface area contributed by atoms with Crippen LogP contribution in [0.1, 0.15) is 27.2 Å². The molecule has 2 amide bonds. The van der Waals surface area contributed by atoms with E-state index in [4.69, 9.17) is 0 Å². The molecule has 1 unspecified atom stereocenters. The fourth-order valence-corrected chi connectivity index (χ4v) is 2.34. The minimum absolute atomic E-state index is 0.0299. The number of carbonyl (C=O) groups excluding carboxylic acids is 3. The van der Waals surface area contributed by atoms with E-state index < -0.39 is 6.04 Å². The molecule has 0 saturated carbocycles. The third kappa shape index (κ3) is 4.92. The van der Waals surface area contributed by atoms with Gasteiger partial charge in [-0.2, -0.15) is 0 Å². The van der Waals surface area contributed by atoms with Crippen molar-refractivity contribution in [1.82, 2.24) is 15.1 Å². The summed E-state index contributed by atoms with van der Waals surface area (Å²) >= 11 is 0. The first-order valence-corrected chi connectivity index (χ1v) is 7.07. The molecule has 1 saturated heterocycles. The summed E-state index contributed by atoms with van der Waals surface area (Å²) in [6.45, 7) is 7.14. The van der Waals surface area contributed by atoms with Gasteiger partial charge in [0.15, 0.2) is 5.78 Å². The number of nitrogens with one attached hydrogen (secondary N) is 1. The largest absolute Gasteiger partial charge is 0.345 e. The van der Waals surface area contributed by atoms with Crippen LogP contribution in [-0.2, 0) is 14.4 Å². The highest BCUT2D eigenvalue weighted by Crippen LogP contribution is 2.05. The third-order valence-electron chi connectivity index (χ3n) is 3.54. The Hall–Kier alpha value is -1.43. The number of rotatable bonds is 5. The van der Waals surface area contributed by atoms with Crippen molar-refractivity contribution in [3.8, 4) is 0 Å². The summed E-state index contributed by atoms with van der Waals surface area (Å²) in [7, 11) is 1.77. The van der Waals surface area contributed by atoms with E-state index in [2.05, 4.69) is 5.32 Å². The Morgan fingerprint density at radius 2 is 1.95 bits per heavy atom. The van der Waals surface area contributed by atoms with Crippen molar-refractivity contribution < 1.29 is 14.4 Å². The topological polar surface area (TPSA) is 69.7 Å². The number of hydrogen-bond acceptors (Lipinski definition) is 4. The minimum Gasteiger partial charge on any atom is -0.345 e. The maximum absolute atomic E-state index is 12.0. The van der Waals surface area contributed by atoms with Crippen LogP contribution >= 0.6 is 0 Å². The van der Waals surface area contributed by atoms with E-state index >= 15 is 0 Å². The van der Waals surface area contributed by atoms with Crippen molar-refractivity contribution in [3.05, 3.63) is 0 Å². The molecule has 1 heterocycles. The molecule has 0 spiro atoms. The van der Waals surface area contributed by atoms with Crippen molar-refractivity contribution in [2.24, 2.45) is 5.92 Å². The van der Waals surface area contributed by atoms with Crippen molar-refractivity contribution in [3.63, 3.8) is 0 Å². The Kier molecular flexibility index (Phi) is 6.13. The highest BCUT2D eigenvalue weighted by molar-refractivity contribution is 5.88. The summed E-state index contributed by atoms with van der Waals surface area (Å²) in [5.74, 6) is -0.146. The molecule has 1 rings (SSSR count). The zero-order valence-corrected chi connectivity index (χ0v) is 12.8. The van der Waals surface area contributed by atoms with E-state index in [0.717, 1.165) is 19.5 Å². The zero-order chi connectivity index (χ0) is 15.3. The molecule has 0 aromatic carbocycles. The van der Waals surface area contributed by atoms with Crippen LogP contribution in [0.5, 0.6) is 0 Å². The maximum Gasteiger partial charge on any atom is 0.236 e. The molecule has 0 bridgehead atoms. The molecule has 20 heavy (non-hydrogen) atoms. The Bertz CT molecular complexity index is 382. The van der Waals surface area contributed by atoms with Crippen molar-refractivity contribution in [2.45, 2.75) is 33.2 Å². The molecule has 1 aliphatic heterocycles. The molecule has 6 nitrogen and oxygen atoms in total. The fourth-order valence-electron chi connectivity index (χ4n) is 2.34. The van der Waals surface area contributed by atoms with Crippen LogP contribution in [0, 0.1) is 5.92 Å². The molecular weight excluding hydrogens is 258 g/mol. The average molecular weight is 283 g/mol. The second-order valence-corrected chi connectivity index (χ2v) is 5.78. The predicted octanol–water partition coefficient (Wildman–Crippen LogP) is -0.120. The smallest absolute Gasteiger partial charge is 0.236 e. The van der Waals surface area contributed by atoms with E-state index in [1.54, 1.807) is 11.9 Å². The van der Waals surface area contributed by atoms with Crippen molar-refractivity contribution in [1.29, 1.82) is 0 Å². The SMILES string of the molecule is CC(=O)C(NC(=O)CN1CCCN(C)C(=O)C1)C(C)C. The van der Waals surface area contributed by atoms with Gasteiger partial charge in [-0.05, 0) is 19.3 Å². The summed E-state index contributed by atoms with van der Waals surface area (Å²) < 4.78 is 0. The first kappa shape index (κ1) is 16.6. The molecular formula is C14H25N3O3. The Labute approximate surface area is 120 Å². The number of hydrogen-bond donors (Lipinski definition) is 1. The highest BCUT2D eigenvalue weighted by atomic mass is 16.2. The van der Waals surface area contributed by atoms with Gasteiger partial charge in [0.1, 0.15) is 0 Å². The molecule has 6 heteroatoms. The third-order valence-corrected chi connectivity index (χ3v) is 3.54. The Morgan fingerprint density at radius 1 is 1.30 bits per heavy atom. The summed E-state index contributed by atoms with van der Waals surface area (Å²) in [5.41, 5.74) is 0. The van der Waals surface area contributed by atoms with Crippen LogP contribution in [0.25, 0.3) is 0 Å². The second-order valence-electron chi connectivity index (χ2n) is 5.78. The van der Waals surface area contributed by atoms with Gasteiger partial charge in [-0.3, -0.25) is 19.3 Å². The van der Waals surface area contributed by atoms with Gasteiger partial charge in [-0.15, -0.1) is 0 Å². The molecule has 1 fully saturated rings. The van der Waals surface area contributed by atoms with Gasteiger partial charge in [0.2, 0.25) is 11.8 Å². The summed E-state index contributed by atoms with van der Waals surface area (Å²) in [6, 6.07) is -0.451. The van der Waals surface area contributed by atoms with E-state index in [-0.39, 0.29) is 36.6 Å². The number of nitrogens with zero attached hydrogens (tertiary/aromatic N) is 2. The first-order chi connectivity index (χ1) is 9.31. The van der Waals surface area contributed by atoms with E-state index in [1.807, 2.05) is 18.7 Å². The molecule has 1 atom stereocenters. The number of Topliss-reactive ketones (excluding diaryl/α,β-unsaturated/α-hetero) is 1. The van der Waals surface area contributed by atoms with Gasteiger partial charge in [0, 0.05) is 20.1 Å². The number of amides is 2. The van der Waals surface area contributed by atoms with Crippen LogP contribution in [-0.4, -0.2) is 66.7 Å². The van der Waals surface area contributed by atoms with Gasteiger partial charge in [-0.1, -0.05) is 13.8 Å². The number of likely N-dealkylation sites (N-methyl/N-ethyl adjacent to an activating group) is 1. The minimum atomic E-state index is -0.451. The molecule has 114 valence electrons. The van der Waals surface area contributed by atoms with Crippen LogP contribution in [0.4, 0.5) is 0 Å². The summed E-state index contributed by atoms with van der Waals surface area (Å²) in [5, 5.41) is 2.75. The highest BCUT2D eigenvalue weighted by Gasteiger charge is 2.24. The lowest BCUT2D eigenvalue weighted by atomic mass is 10.0. The summed E-state index contributed by atoms with van der Waals surface area (Å²) in [4.78, 5) is 38.7. The van der Waals surface area contributed by atoms with E-state index in [9.17, 15) is 14.4 Å². The molecule has 0 radical (unpaired) electrons. The van der Waals surface area contributed by atoms with Gasteiger partial charge >= 0.3 is 0 Å².